The summed E-state index contributed by atoms with van der Waals surface area (Å²) in [4.78, 5) is 0. The lowest BCUT2D eigenvalue weighted by atomic mass is 9.71. The van der Waals surface area contributed by atoms with Gasteiger partial charge in [0.25, 0.3) is 0 Å². The molecule has 2 heteroatoms. The summed E-state index contributed by atoms with van der Waals surface area (Å²) in [6, 6.07) is 6.17. The molecule has 1 aliphatic rings. The van der Waals surface area contributed by atoms with E-state index in [1.165, 1.54) is 11.3 Å². The molecule has 0 atom stereocenters. The number of nitrogens with two attached hydrogens (primary N) is 1. The van der Waals surface area contributed by atoms with Crippen LogP contribution in [0.2, 0.25) is 0 Å². The van der Waals surface area contributed by atoms with Crippen LogP contribution in [-0.2, 0) is 5.41 Å². The third kappa shape index (κ3) is 1.81. The molecular formula is C13H20N2. The Hall–Kier alpha value is -1.18. The number of fused-ring (bicyclic) bond motifs is 1. The standard InChI is InChI=1S/C13H20N2/c1-12(2)8-13(3,4)15-11-7-9(14)5-6-10(11)12/h5-7,15H,8,14H2,1-4H3. The summed E-state index contributed by atoms with van der Waals surface area (Å²) in [7, 11) is 0. The first-order chi connectivity index (χ1) is 6.80. The van der Waals surface area contributed by atoms with Crippen molar-refractivity contribution in [1.82, 2.24) is 0 Å². The fourth-order valence-corrected chi connectivity index (χ4v) is 2.86. The lowest BCUT2D eigenvalue weighted by molar-refractivity contribution is 0.355. The van der Waals surface area contributed by atoms with Gasteiger partial charge in [-0.15, -0.1) is 0 Å². The minimum Gasteiger partial charge on any atom is -0.399 e. The number of rotatable bonds is 0. The van der Waals surface area contributed by atoms with Crippen molar-refractivity contribution in [3.63, 3.8) is 0 Å². The zero-order valence-electron chi connectivity index (χ0n) is 10.0. The second-order valence-electron chi connectivity index (χ2n) is 5.87. The Balaban J connectivity index is 2.55. The largest absolute Gasteiger partial charge is 0.399 e. The topological polar surface area (TPSA) is 38.0 Å². The lowest BCUT2D eigenvalue weighted by Crippen LogP contribution is -2.43. The highest BCUT2D eigenvalue weighted by Crippen LogP contribution is 2.43. The van der Waals surface area contributed by atoms with E-state index in [0.29, 0.717) is 0 Å². The first kappa shape index (κ1) is 10.3. The number of hydrogen-bond donors (Lipinski definition) is 2. The fourth-order valence-electron chi connectivity index (χ4n) is 2.86. The monoisotopic (exact) mass is 204 g/mol. The summed E-state index contributed by atoms with van der Waals surface area (Å²) in [5.41, 5.74) is 9.57. The van der Waals surface area contributed by atoms with Crippen LogP contribution in [0.25, 0.3) is 0 Å². The van der Waals surface area contributed by atoms with Crippen molar-refractivity contribution in [3.05, 3.63) is 23.8 Å². The molecule has 0 aliphatic carbocycles. The van der Waals surface area contributed by atoms with Crippen LogP contribution >= 0.6 is 0 Å². The Kier molecular flexibility index (Phi) is 2.00. The molecular weight excluding hydrogens is 184 g/mol. The van der Waals surface area contributed by atoms with Crippen molar-refractivity contribution in [3.8, 4) is 0 Å². The maximum absolute atomic E-state index is 5.82. The molecule has 1 aliphatic heterocycles. The molecule has 0 bridgehead atoms. The summed E-state index contributed by atoms with van der Waals surface area (Å²) < 4.78 is 0. The molecule has 82 valence electrons. The SMILES string of the molecule is CC1(C)CC(C)(C)c2ccc(N)cc2N1. The van der Waals surface area contributed by atoms with Crippen LogP contribution < -0.4 is 11.1 Å². The quantitative estimate of drug-likeness (QED) is 0.637. The second kappa shape index (κ2) is 2.91. The first-order valence-corrected chi connectivity index (χ1v) is 5.48. The molecule has 0 saturated heterocycles. The Morgan fingerprint density at radius 3 is 2.53 bits per heavy atom. The van der Waals surface area contributed by atoms with Gasteiger partial charge in [0.15, 0.2) is 0 Å². The number of nitrogen functional groups attached to an aromatic ring is 1. The first-order valence-electron chi connectivity index (χ1n) is 5.48. The van der Waals surface area contributed by atoms with Crippen LogP contribution in [0.1, 0.15) is 39.7 Å². The summed E-state index contributed by atoms with van der Waals surface area (Å²) >= 11 is 0. The Morgan fingerprint density at radius 2 is 1.87 bits per heavy atom. The predicted octanol–water partition coefficient (Wildman–Crippen LogP) is 3.14. The average Bonchev–Trinajstić information content (AvgIpc) is 1.97. The van der Waals surface area contributed by atoms with E-state index in [1.807, 2.05) is 12.1 Å². The fraction of sp³-hybridized carbons (Fsp3) is 0.538. The minimum absolute atomic E-state index is 0.143. The third-order valence-corrected chi connectivity index (χ3v) is 3.13. The molecule has 0 unspecified atom stereocenters. The molecule has 0 saturated carbocycles. The zero-order valence-corrected chi connectivity index (χ0v) is 10.0. The van der Waals surface area contributed by atoms with Gasteiger partial charge in [-0.1, -0.05) is 19.9 Å². The maximum Gasteiger partial charge on any atom is 0.0402 e. The van der Waals surface area contributed by atoms with E-state index in [1.54, 1.807) is 0 Å². The van der Waals surface area contributed by atoms with Crippen LogP contribution in [0.3, 0.4) is 0 Å². The molecule has 1 heterocycles. The molecule has 0 amide bonds. The summed E-state index contributed by atoms with van der Waals surface area (Å²) in [6.45, 7) is 9.07. The molecule has 1 aromatic rings. The molecule has 1 aromatic carbocycles. The Bertz CT molecular complexity index is 392. The highest BCUT2D eigenvalue weighted by Gasteiger charge is 2.36. The van der Waals surface area contributed by atoms with E-state index in [4.69, 9.17) is 5.73 Å². The van der Waals surface area contributed by atoms with Gasteiger partial charge in [-0.2, -0.15) is 0 Å². The van der Waals surface area contributed by atoms with Crippen molar-refractivity contribution in [2.45, 2.75) is 45.1 Å². The Morgan fingerprint density at radius 1 is 1.20 bits per heavy atom. The number of benzene rings is 1. The van der Waals surface area contributed by atoms with Gasteiger partial charge in [0.1, 0.15) is 0 Å². The van der Waals surface area contributed by atoms with Gasteiger partial charge < -0.3 is 11.1 Å². The normalized spacial score (nSPS) is 21.6. The van der Waals surface area contributed by atoms with Crippen molar-refractivity contribution < 1.29 is 0 Å². The number of hydrogen-bond acceptors (Lipinski definition) is 2. The van der Waals surface area contributed by atoms with Crippen LogP contribution in [-0.4, -0.2) is 5.54 Å². The van der Waals surface area contributed by atoms with E-state index < -0.39 is 0 Å². The van der Waals surface area contributed by atoms with Crippen molar-refractivity contribution in [2.75, 3.05) is 11.1 Å². The van der Waals surface area contributed by atoms with Crippen molar-refractivity contribution in [1.29, 1.82) is 0 Å². The number of nitrogens with one attached hydrogen (secondary N) is 1. The summed E-state index contributed by atoms with van der Waals surface area (Å²) in [5, 5.41) is 3.55. The van der Waals surface area contributed by atoms with Crippen molar-refractivity contribution >= 4 is 11.4 Å². The summed E-state index contributed by atoms with van der Waals surface area (Å²) in [5.74, 6) is 0. The second-order valence-corrected chi connectivity index (χ2v) is 5.87. The highest BCUT2D eigenvalue weighted by atomic mass is 15.0. The van der Waals surface area contributed by atoms with E-state index in [2.05, 4.69) is 39.1 Å². The minimum atomic E-state index is 0.143. The summed E-state index contributed by atoms with van der Waals surface area (Å²) in [6.07, 6.45) is 1.14. The lowest BCUT2D eigenvalue weighted by Gasteiger charge is -2.43. The van der Waals surface area contributed by atoms with Gasteiger partial charge in [0, 0.05) is 16.9 Å². The average molecular weight is 204 g/mol. The zero-order chi connectivity index (χ0) is 11.3. The van der Waals surface area contributed by atoms with Gasteiger partial charge in [-0.3, -0.25) is 0 Å². The van der Waals surface area contributed by atoms with Crippen LogP contribution in [0.15, 0.2) is 18.2 Å². The highest BCUT2D eigenvalue weighted by molar-refractivity contribution is 5.64. The molecule has 3 N–H and O–H groups in total. The van der Waals surface area contributed by atoms with Crippen LogP contribution in [0, 0.1) is 0 Å². The molecule has 0 spiro atoms. The van der Waals surface area contributed by atoms with E-state index in [9.17, 15) is 0 Å². The molecule has 0 radical (unpaired) electrons. The maximum atomic E-state index is 5.82. The van der Waals surface area contributed by atoms with Gasteiger partial charge >= 0.3 is 0 Å². The van der Waals surface area contributed by atoms with Gasteiger partial charge in [-0.05, 0) is 43.4 Å². The molecule has 0 fully saturated rings. The predicted molar refractivity (Wildman–Crippen MR) is 66.2 cm³/mol. The van der Waals surface area contributed by atoms with Crippen molar-refractivity contribution in [2.24, 2.45) is 0 Å². The Labute approximate surface area is 91.9 Å². The molecule has 2 rings (SSSR count). The third-order valence-electron chi connectivity index (χ3n) is 3.13. The number of anilines is 2. The van der Waals surface area contributed by atoms with E-state index >= 15 is 0 Å². The van der Waals surface area contributed by atoms with E-state index in [-0.39, 0.29) is 11.0 Å². The van der Waals surface area contributed by atoms with Crippen LogP contribution in [0.4, 0.5) is 11.4 Å². The van der Waals surface area contributed by atoms with Gasteiger partial charge in [0.2, 0.25) is 0 Å². The molecule has 15 heavy (non-hydrogen) atoms. The molecule has 2 nitrogen and oxygen atoms in total. The molecule has 0 aromatic heterocycles. The van der Waals surface area contributed by atoms with Gasteiger partial charge in [-0.25, -0.2) is 0 Å². The smallest absolute Gasteiger partial charge is 0.0402 e. The van der Waals surface area contributed by atoms with Crippen LogP contribution in [0.5, 0.6) is 0 Å². The van der Waals surface area contributed by atoms with E-state index in [0.717, 1.165) is 12.1 Å². The van der Waals surface area contributed by atoms with Gasteiger partial charge in [0.05, 0.1) is 0 Å².